The summed E-state index contributed by atoms with van der Waals surface area (Å²) in [6, 6.07) is 8.09. The molecule has 22 heavy (non-hydrogen) atoms. The van der Waals surface area contributed by atoms with Gasteiger partial charge in [0, 0.05) is 24.0 Å². The van der Waals surface area contributed by atoms with Gasteiger partial charge in [0.25, 0.3) is 0 Å². The second kappa shape index (κ2) is 6.76. The van der Waals surface area contributed by atoms with Gasteiger partial charge in [-0.3, -0.25) is 9.36 Å². The van der Waals surface area contributed by atoms with Gasteiger partial charge in [-0.25, -0.2) is 9.97 Å². The number of benzene rings is 1. The number of rotatable bonds is 5. The van der Waals surface area contributed by atoms with Crippen LogP contribution in [0.4, 0.5) is 5.13 Å². The SMILES string of the molecule is Cc1ccccc1-n1ccnc1SCC(=O)Nc1nccs1. The van der Waals surface area contributed by atoms with E-state index >= 15 is 0 Å². The van der Waals surface area contributed by atoms with Gasteiger partial charge in [-0.2, -0.15) is 0 Å². The number of thioether (sulfide) groups is 1. The third kappa shape index (κ3) is 3.37. The highest BCUT2D eigenvalue weighted by molar-refractivity contribution is 7.99. The van der Waals surface area contributed by atoms with Gasteiger partial charge in [0.2, 0.25) is 5.91 Å². The quantitative estimate of drug-likeness (QED) is 0.729. The van der Waals surface area contributed by atoms with Crippen molar-refractivity contribution in [1.82, 2.24) is 14.5 Å². The van der Waals surface area contributed by atoms with Gasteiger partial charge in [0.05, 0.1) is 11.4 Å². The Balaban J connectivity index is 1.68. The van der Waals surface area contributed by atoms with Gasteiger partial charge in [-0.05, 0) is 18.6 Å². The molecule has 0 aliphatic rings. The fourth-order valence-corrected chi connectivity index (χ4v) is 3.30. The van der Waals surface area contributed by atoms with E-state index in [0.29, 0.717) is 10.9 Å². The van der Waals surface area contributed by atoms with Crippen LogP contribution in [-0.2, 0) is 4.79 Å². The van der Waals surface area contributed by atoms with Gasteiger partial charge in [0.1, 0.15) is 0 Å². The maximum atomic E-state index is 11.9. The zero-order valence-electron chi connectivity index (χ0n) is 11.9. The van der Waals surface area contributed by atoms with E-state index in [4.69, 9.17) is 0 Å². The van der Waals surface area contributed by atoms with Crippen LogP contribution in [0.1, 0.15) is 5.56 Å². The summed E-state index contributed by atoms with van der Waals surface area (Å²) in [6.45, 7) is 2.05. The molecule has 7 heteroatoms. The van der Waals surface area contributed by atoms with E-state index in [2.05, 4.69) is 28.3 Å². The Bertz CT molecular complexity index is 767. The number of amides is 1. The van der Waals surface area contributed by atoms with Crippen molar-refractivity contribution in [2.24, 2.45) is 0 Å². The lowest BCUT2D eigenvalue weighted by atomic mass is 10.2. The van der Waals surface area contributed by atoms with Crippen molar-refractivity contribution in [3.63, 3.8) is 0 Å². The molecule has 0 spiro atoms. The lowest BCUT2D eigenvalue weighted by Crippen LogP contribution is -2.14. The third-order valence-electron chi connectivity index (χ3n) is 2.99. The van der Waals surface area contributed by atoms with Crippen LogP contribution in [0, 0.1) is 6.92 Å². The molecule has 0 saturated carbocycles. The minimum atomic E-state index is -0.0840. The number of aryl methyl sites for hydroxylation is 1. The minimum absolute atomic E-state index is 0.0840. The molecule has 3 rings (SSSR count). The Hall–Kier alpha value is -2.12. The van der Waals surface area contributed by atoms with Crippen molar-refractivity contribution in [2.75, 3.05) is 11.1 Å². The minimum Gasteiger partial charge on any atom is -0.301 e. The second-order valence-electron chi connectivity index (χ2n) is 4.54. The Morgan fingerprint density at radius 1 is 1.32 bits per heavy atom. The highest BCUT2D eigenvalue weighted by atomic mass is 32.2. The molecule has 0 aliphatic heterocycles. The topological polar surface area (TPSA) is 59.8 Å². The normalized spacial score (nSPS) is 10.6. The van der Waals surface area contributed by atoms with Crippen LogP contribution in [0.2, 0.25) is 0 Å². The molecule has 0 atom stereocenters. The van der Waals surface area contributed by atoms with Crippen molar-refractivity contribution in [3.8, 4) is 5.69 Å². The molecule has 0 unspecified atom stereocenters. The number of para-hydroxylation sites is 1. The number of hydrogen-bond acceptors (Lipinski definition) is 5. The summed E-state index contributed by atoms with van der Waals surface area (Å²) in [5.74, 6) is 0.210. The van der Waals surface area contributed by atoms with Crippen molar-refractivity contribution in [2.45, 2.75) is 12.1 Å². The molecular formula is C15H14N4OS2. The van der Waals surface area contributed by atoms with Crippen molar-refractivity contribution in [3.05, 3.63) is 53.8 Å². The molecule has 3 aromatic rings. The molecule has 0 saturated heterocycles. The fourth-order valence-electron chi connectivity index (χ4n) is 1.98. The maximum Gasteiger partial charge on any atom is 0.236 e. The number of hydrogen-bond donors (Lipinski definition) is 1. The molecule has 1 N–H and O–H groups in total. The highest BCUT2D eigenvalue weighted by Gasteiger charge is 2.11. The molecule has 2 heterocycles. The number of carbonyl (C=O) groups is 1. The first-order valence-corrected chi connectivity index (χ1v) is 8.52. The number of thiazole rings is 1. The number of anilines is 1. The van der Waals surface area contributed by atoms with E-state index in [1.54, 1.807) is 12.4 Å². The number of carbonyl (C=O) groups excluding carboxylic acids is 1. The predicted octanol–water partition coefficient (Wildman–Crippen LogP) is 3.37. The van der Waals surface area contributed by atoms with E-state index in [9.17, 15) is 4.79 Å². The van der Waals surface area contributed by atoms with E-state index in [1.165, 1.54) is 23.1 Å². The molecule has 0 fully saturated rings. The molecule has 2 aromatic heterocycles. The monoisotopic (exact) mass is 330 g/mol. The van der Waals surface area contributed by atoms with E-state index < -0.39 is 0 Å². The van der Waals surface area contributed by atoms with E-state index in [-0.39, 0.29) is 5.91 Å². The second-order valence-corrected chi connectivity index (χ2v) is 6.38. The summed E-state index contributed by atoms with van der Waals surface area (Å²) >= 11 is 2.81. The Labute approximate surface area is 136 Å². The molecule has 0 bridgehead atoms. The van der Waals surface area contributed by atoms with Gasteiger partial charge >= 0.3 is 0 Å². The van der Waals surface area contributed by atoms with Crippen LogP contribution < -0.4 is 5.32 Å². The van der Waals surface area contributed by atoms with Crippen LogP contribution in [0.5, 0.6) is 0 Å². The van der Waals surface area contributed by atoms with Crippen LogP contribution in [-0.4, -0.2) is 26.2 Å². The van der Waals surface area contributed by atoms with Crippen LogP contribution >= 0.6 is 23.1 Å². The Morgan fingerprint density at radius 3 is 2.95 bits per heavy atom. The van der Waals surface area contributed by atoms with Gasteiger partial charge < -0.3 is 5.32 Å². The molecule has 1 amide bonds. The summed E-state index contributed by atoms with van der Waals surface area (Å²) in [5.41, 5.74) is 2.23. The molecule has 0 aliphatic carbocycles. The third-order valence-corrected chi connectivity index (χ3v) is 4.65. The number of nitrogens with zero attached hydrogens (tertiary/aromatic N) is 3. The summed E-state index contributed by atoms with van der Waals surface area (Å²) in [6.07, 6.45) is 5.31. The van der Waals surface area contributed by atoms with Crippen LogP contribution in [0.15, 0.2) is 53.4 Å². The summed E-state index contributed by atoms with van der Waals surface area (Å²) in [4.78, 5) is 20.3. The average molecular weight is 330 g/mol. The summed E-state index contributed by atoms with van der Waals surface area (Å²) < 4.78 is 2.00. The first-order valence-electron chi connectivity index (χ1n) is 6.65. The van der Waals surface area contributed by atoms with Crippen LogP contribution in [0.3, 0.4) is 0 Å². The summed E-state index contributed by atoms with van der Waals surface area (Å²) in [5, 5.41) is 6.01. The molecule has 1 aromatic carbocycles. The molecular weight excluding hydrogens is 316 g/mol. The predicted molar refractivity (Wildman–Crippen MR) is 89.8 cm³/mol. The largest absolute Gasteiger partial charge is 0.301 e. The maximum absolute atomic E-state index is 11.9. The zero-order valence-corrected chi connectivity index (χ0v) is 13.5. The smallest absolute Gasteiger partial charge is 0.236 e. The number of nitrogens with one attached hydrogen (secondary N) is 1. The highest BCUT2D eigenvalue weighted by Crippen LogP contribution is 2.22. The van der Waals surface area contributed by atoms with Crippen LogP contribution in [0.25, 0.3) is 5.69 Å². The first kappa shape index (κ1) is 14.8. The first-order chi connectivity index (χ1) is 10.7. The van der Waals surface area contributed by atoms with Gasteiger partial charge in [0.15, 0.2) is 10.3 Å². The fraction of sp³-hybridized carbons (Fsp3) is 0.133. The van der Waals surface area contributed by atoms with Crippen molar-refractivity contribution in [1.29, 1.82) is 0 Å². The van der Waals surface area contributed by atoms with Gasteiger partial charge in [-0.1, -0.05) is 30.0 Å². The van der Waals surface area contributed by atoms with E-state index in [1.807, 2.05) is 34.3 Å². The zero-order chi connectivity index (χ0) is 15.4. The standard InChI is InChI=1S/C15H14N4OS2/c1-11-4-2-3-5-12(11)19-8-6-17-15(19)22-10-13(20)18-14-16-7-9-21-14/h2-9H,10H2,1H3,(H,16,18,20). The molecule has 5 nitrogen and oxygen atoms in total. The molecule has 0 radical (unpaired) electrons. The Morgan fingerprint density at radius 2 is 2.18 bits per heavy atom. The Kier molecular flexibility index (Phi) is 4.55. The lowest BCUT2D eigenvalue weighted by molar-refractivity contribution is -0.113. The van der Waals surface area contributed by atoms with E-state index in [0.717, 1.165) is 16.4 Å². The summed E-state index contributed by atoms with van der Waals surface area (Å²) in [7, 11) is 0. The van der Waals surface area contributed by atoms with Gasteiger partial charge in [-0.15, -0.1) is 11.3 Å². The molecule has 112 valence electrons. The number of imidazole rings is 1. The average Bonchev–Trinajstić information content (AvgIpc) is 3.17. The lowest BCUT2D eigenvalue weighted by Gasteiger charge is -2.10. The van der Waals surface area contributed by atoms with Crippen molar-refractivity contribution >= 4 is 34.1 Å². The number of aromatic nitrogens is 3. The van der Waals surface area contributed by atoms with Crippen molar-refractivity contribution < 1.29 is 4.79 Å².